The van der Waals surface area contributed by atoms with Crippen LogP contribution < -0.4 is 5.32 Å². The highest BCUT2D eigenvalue weighted by atomic mass is 32.2. The van der Waals surface area contributed by atoms with Crippen LogP contribution in [0.3, 0.4) is 0 Å². The van der Waals surface area contributed by atoms with Crippen LogP contribution in [-0.2, 0) is 16.6 Å². The first-order valence-corrected chi connectivity index (χ1v) is 10.3. The Balaban J connectivity index is 1.59. The van der Waals surface area contributed by atoms with Crippen molar-refractivity contribution in [3.8, 4) is 11.5 Å². The number of amides is 1. The standard InChI is InChI=1S/C22H25N3O2S/c1-5-15-8-6-7-9-18(15)23-19(26)14-28-21-25-24-20(27-21)16-10-12-17(13-11-16)22(2,3)4/h6-13H,5,14H2,1-4H3,(H,23,26). The molecule has 0 bridgehead atoms. The molecule has 0 radical (unpaired) electrons. The highest BCUT2D eigenvalue weighted by Gasteiger charge is 2.15. The van der Waals surface area contributed by atoms with Gasteiger partial charge in [-0.15, -0.1) is 10.2 Å². The lowest BCUT2D eigenvalue weighted by Crippen LogP contribution is -2.15. The number of para-hydroxylation sites is 1. The average Bonchev–Trinajstić information content (AvgIpc) is 3.15. The van der Waals surface area contributed by atoms with Crippen molar-refractivity contribution in [1.82, 2.24) is 10.2 Å². The summed E-state index contributed by atoms with van der Waals surface area (Å²) in [5.74, 6) is 0.572. The van der Waals surface area contributed by atoms with Crippen molar-refractivity contribution in [3.63, 3.8) is 0 Å². The largest absolute Gasteiger partial charge is 0.411 e. The van der Waals surface area contributed by atoms with Gasteiger partial charge in [-0.25, -0.2) is 0 Å². The average molecular weight is 396 g/mol. The Bertz CT molecular complexity index is 943. The van der Waals surface area contributed by atoms with E-state index in [1.807, 2.05) is 36.4 Å². The molecule has 0 aliphatic rings. The maximum Gasteiger partial charge on any atom is 0.277 e. The number of hydrogen-bond donors (Lipinski definition) is 1. The number of nitrogens with one attached hydrogen (secondary N) is 1. The quantitative estimate of drug-likeness (QED) is 0.572. The van der Waals surface area contributed by atoms with E-state index in [9.17, 15) is 4.79 Å². The zero-order chi connectivity index (χ0) is 20.1. The Morgan fingerprint density at radius 2 is 1.79 bits per heavy atom. The van der Waals surface area contributed by atoms with Crippen LogP contribution in [0.5, 0.6) is 0 Å². The van der Waals surface area contributed by atoms with Crippen molar-refractivity contribution in [2.24, 2.45) is 0 Å². The topological polar surface area (TPSA) is 68.0 Å². The van der Waals surface area contributed by atoms with E-state index in [1.165, 1.54) is 17.3 Å². The number of anilines is 1. The van der Waals surface area contributed by atoms with E-state index in [1.54, 1.807) is 0 Å². The minimum absolute atomic E-state index is 0.0954. The summed E-state index contributed by atoms with van der Waals surface area (Å²) in [5, 5.41) is 11.5. The molecule has 5 nitrogen and oxygen atoms in total. The van der Waals surface area contributed by atoms with E-state index in [-0.39, 0.29) is 17.1 Å². The molecule has 0 saturated heterocycles. The molecule has 6 heteroatoms. The molecule has 0 saturated carbocycles. The molecule has 28 heavy (non-hydrogen) atoms. The fourth-order valence-electron chi connectivity index (χ4n) is 2.76. The van der Waals surface area contributed by atoms with Gasteiger partial charge in [0.2, 0.25) is 11.8 Å². The van der Waals surface area contributed by atoms with Crippen molar-refractivity contribution in [2.75, 3.05) is 11.1 Å². The molecule has 0 aliphatic carbocycles. The monoisotopic (exact) mass is 395 g/mol. The Morgan fingerprint density at radius 3 is 2.46 bits per heavy atom. The molecular formula is C22H25N3O2S. The van der Waals surface area contributed by atoms with Gasteiger partial charge in [-0.05, 0) is 41.2 Å². The second-order valence-corrected chi connectivity index (χ2v) is 8.47. The molecule has 1 N–H and O–H groups in total. The maximum absolute atomic E-state index is 12.2. The number of carbonyl (C=O) groups is 1. The van der Waals surface area contributed by atoms with Crippen LogP contribution in [0, 0.1) is 0 Å². The molecule has 146 valence electrons. The summed E-state index contributed by atoms with van der Waals surface area (Å²) in [6.45, 7) is 8.59. The Hall–Kier alpha value is -2.60. The lowest BCUT2D eigenvalue weighted by atomic mass is 9.87. The number of thioether (sulfide) groups is 1. The van der Waals surface area contributed by atoms with Gasteiger partial charge in [-0.1, -0.05) is 69.8 Å². The van der Waals surface area contributed by atoms with Gasteiger partial charge < -0.3 is 9.73 Å². The van der Waals surface area contributed by atoms with Gasteiger partial charge in [-0.3, -0.25) is 4.79 Å². The number of nitrogens with zero attached hydrogens (tertiary/aromatic N) is 2. The molecular weight excluding hydrogens is 370 g/mol. The first-order chi connectivity index (χ1) is 13.4. The van der Waals surface area contributed by atoms with E-state index in [4.69, 9.17) is 4.42 Å². The summed E-state index contributed by atoms with van der Waals surface area (Å²) in [6, 6.07) is 15.9. The number of aromatic nitrogens is 2. The predicted molar refractivity (Wildman–Crippen MR) is 114 cm³/mol. The zero-order valence-corrected chi connectivity index (χ0v) is 17.5. The molecule has 1 aromatic heterocycles. The normalized spacial score (nSPS) is 11.4. The summed E-state index contributed by atoms with van der Waals surface area (Å²) in [4.78, 5) is 12.2. The third-order valence-electron chi connectivity index (χ3n) is 4.40. The fraction of sp³-hybridized carbons (Fsp3) is 0.318. The highest BCUT2D eigenvalue weighted by molar-refractivity contribution is 7.99. The number of rotatable bonds is 6. The van der Waals surface area contributed by atoms with E-state index in [0.717, 1.165) is 23.2 Å². The number of hydrogen-bond acceptors (Lipinski definition) is 5. The van der Waals surface area contributed by atoms with Gasteiger partial charge in [0.15, 0.2) is 0 Å². The molecule has 0 atom stereocenters. The van der Waals surface area contributed by atoms with Gasteiger partial charge in [0, 0.05) is 11.3 Å². The van der Waals surface area contributed by atoms with E-state index >= 15 is 0 Å². The second-order valence-electron chi connectivity index (χ2n) is 7.55. The van der Waals surface area contributed by atoms with Crippen molar-refractivity contribution in [1.29, 1.82) is 0 Å². The Morgan fingerprint density at radius 1 is 1.07 bits per heavy atom. The summed E-state index contributed by atoms with van der Waals surface area (Å²) < 4.78 is 5.70. The van der Waals surface area contributed by atoms with Gasteiger partial charge in [-0.2, -0.15) is 0 Å². The molecule has 0 unspecified atom stereocenters. The van der Waals surface area contributed by atoms with Crippen LogP contribution in [0.1, 0.15) is 38.8 Å². The smallest absolute Gasteiger partial charge is 0.277 e. The van der Waals surface area contributed by atoms with Crippen LogP contribution in [0.25, 0.3) is 11.5 Å². The molecule has 0 aliphatic heterocycles. The summed E-state index contributed by atoms with van der Waals surface area (Å²) in [6.07, 6.45) is 0.866. The molecule has 3 rings (SSSR count). The Kier molecular flexibility index (Phi) is 6.19. The molecule has 3 aromatic rings. The summed E-state index contributed by atoms with van der Waals surface area (Å²) in [5.41, 5.74) is 4.17. The predicted octanol–water partition coefficient (Wildman–Crippen LogP) is 5.33. The van der Waals surface area contributed by atoms with E-state index < -0.39 is 0 Å². The zero-order valence-electron chi connectivity index (χ0n) is 16.7. The number of benzene rings is 2. The molecule has 2 aromatic carbocycles. The fourth-order valence-corrected chi connectivity index (χ4v) is 3.32. The lowest BCUT2D eigenvalue weighted by Gasteiger charge is -2.18. The van der Waals surface area contributed by atoms with Crippen LogP contribution in [0.2, 0.25) is 0 Å². The van der Waals surface area contributed by atoms with Crippen molar-refractivity contribution in [2.45, 2.75) is 44.8 Å². The molecule has 1 amide bonds. The maximum atomic E-state index is 12.2. The minimum Gasteiger partial charge on any atom is -0.411 e. The SMILES string of the molecule is CCc1ccccc1NC(=O)CSc1nnc(-c2ccc(C(C)(C)C)cc2)o1. The number of aryl methyl sites for hydroxylation is 1. The summed E-state index contributed by atoms with van der Waals surface area (Å²) >= 11 is 1.23. The van der Waals surface area contributed by atoms with Gasteiger partial charge in [0.05, 0.1) is 5.75 Å². The van der Waals surface area contributed by atoms with Gasteiger partial charge >= 0.3 is 0 Å². The van der Waals surface area contributed by atoms with Crippen LogP contribution in [0.4, 0.5) is 5.69 Å². The van der Waals surface area contributed by atoms with Crippen molar-refractivity contribution in [3.05, 3.63) is 59.7 Å². The first kappa shape index (κ1) is 20.1. The lowest BCUT2D eigenvalue weighted by molar-refractivity contribution is -0.113. The second kappa shape index (κ2) is 8.61. The van der Waals surface area contributed by atoms with Crippen LogP contribution in [-0.4, -0.2) is 21.9 Å². The third kappa shape index (κ3) is 5.01. The van der Waals surface area contributed by atoms with Crippen molar-refractivity contribution < 1.29 is 9.21 Å². The first-order valence-electron chi connectivity index (χ1n) is 9.32. The van der Waals surface area contributed by atoms with Crippen LogP contribution in [0.15, 0.2) is 58.2 Å². The Labute approximate surface area is 170 Å². The molecule has 1 heterocycles. The highest BCUT2D eigenvalue weighted by Crippen LogP contribution is 2.27. The van der Waals surface area contributed by atoms with Crippen molar-refractivity contribution >= 4 is 23.4 Å². The molecule has 0 fully saturated rings. The van der Waals surface area contributed by atoms with E-state index in [2.05, 4.69) is 55.3 Å². The minimum atomic E-state index is -0.0971. The third-order valence-corrected chi connectivity index (χ3v) is 5.22. The van der Waals surface area contributed by atoms with Crippen LogP contribution >= 0.6 is 11.8 Å². The summed E-state index contributed by atoms with van der Waals surface area (Å²) in [7, 11) is 0. The molecule has 0 spiro atoms. The number of carbonyl (C=O) groups excluding carboxylic acids is 1. The van der Waals surface area contributed by atoms with Gasteiger partial charge in [0.1, 0.15) is 0 Å². The van der Waals surface area contributed by atoms with Gasteiger partial charge in [0.25, 0.3) is 5.22 Å². The van der Waals surface area contributed by atoms with E-state index in [0.29, 0.717) is 11.1 Å².